The summed E-state index contributed by atoms with van der Waals surface area (Å²) < 4.78 is 9.64. The Hall–Kier alpha value is -3.64. The van der Waals surface area contributed by atoms with E-state index in [1.54, 1.807) is 11.6 Å². The quantitative estimate of drug-likeness (QED) is 0.581. The summed E-state index contributed by atoms with van der Waals surface area (Å²) in [7, 11) is 1.92. The zero-order valence-electron chi connectivity index (χ0n) is 20.1. The van der Waals surface area contributed by atoms with Crippen LogP contribution in [0.3, 0.4) is 0 Å². The van der Waals surface area contributed by atoms with E-state index in [2.05, 4.69) is 38.9 Å². The van der Waals surface area contributed by atoms with Crippen LogP contribution in [0.5, 0.6) is 0 Å². The van der Waals surface area contributed by atoms with E-state index in [1.807, 2.05) is 24.3 Å². The monoisotopic (exact) mass is 471 g/mol. The maximum atomic E-state index is 12.3. The molecule has 5 heterocycles. The van der Waals surface area contributed by atoms with E-state index < -0.39 is 0 Å². The van der Waals surface area contributed by atoms with Crippen LogP contribution in [0.1, 0.15) is 42.6 Å². The summed E-state index contributed by atoms with van der Waals surface area (Å²) in [6.45, 7) is 4.29. The Morgan fingerprint density at radius 2 is 2.20 bits per heavy atom. The first-order valence-electron chi connectivity index (χ1n) is 12.2. The highest BCUT2D eigenvalue weighted by molar-refractivity contribution is 5.77. The van der Waals surface area contributed by atoms with E-state index in [-0.39, 0.29) is 18.0 Å². The van der Waals surface area contributed by atoms with Crippen LogP contribution in [0, 0.1) is 11.3 Å². The van der Waals surface area contributed by atoms with Crippen molar-refractivity contribution in [2.24, 2.45) is 7.05 Å². The van der Waals surface area contributed by atoms with E-state index in [4.69, 9.17) is 9.84 Å². The van der Waals surface area contributed by atoms with Gasteiger partial charge in [0.15, 0.2) is 5.82 Å². The third-order valence-electron chi connectivity index (χ3n) is 7.51. The van der Waals surface area contributed by atoms with E-state index in [0.29, 0.717) is 26.1 Å². The molecule has 3 aliphatic heterocycles. The molecule has 1 amide bonds. The molecule has 180 valence electrons. The summed E-state index contributed by atoms with van der Waals surface area (Å²) in [4.78, 5) is 16.4. The van der Waals surface area contributed by atoms with Gasteiger partial charge >= 0.3 is 0 Å². The molecule has 1 fully saturated rings. The maximum absolute atomic E-state index is 12.3. The van der Waals surface area contributed by atoms with E-state index >= 15 is 0 Å². The minimum atomic E-state index is -0.000805. The zero-order valence-corrected chi connectivity index (χ0v) is 20.1. The van der Waals surface area contributed by atoms with Crippen LogP contribution < -0.4 is 4.90 Å². The molecular formula is C26H29N7O2. The van der Waals surface area contributed by atoms with Gasteiger partial charge in [0.2, 0.25) is 5.91 Å². The molecule has 0 bridgehead atoms. The van der Waals surface area contributed by atoms with Crippen LogP contribution in [0.4, 0.5) is 11.5 Å². The van der Waals surface area contributed by atoms with Gasteiger partial charge in [-0.3, -0.25) is 14.2 Å². The number of hydrogen-bond acceptors (Lipinski definition) is 6. The van der Waals surface area contributed by atoms with Crippen molar-refractivity contribution in [3.8, 4) is 17.2 Å². The molecule has 3 aromatic rings. The Morgan fingerprint density at radius 3 is 2.91 bits per heavy atom. The maximum Gasteiger partial charge on any atom is 0.219 e. The van der Waals surface area contributed by atoms with Gasteiger partial charge < -0.3 is 14.5 Å². The van der Waals surface area contributed by atoms with Crippen LogP contribution in [0.25, 0.3) is 11.1 Å². The van der Waals surface area contributed by atoms with Gasteiger partial charge in [0.1, 0.15) is 0 Å². The number of carbonyl (C=O) groups excluding carboxylic acids is 1. The fraction of sp³-hybridized carbons (Fsp3) is 0.462. The Bertz CT molecular complexity index is 1330. The first-order valence-corrected chi connectivity index (χ1v) is 12.2. The number of benzene rings is 1. The van der Waals surface area contributed by atoms with Gasteiger partial charge in [-0.25, -0.2) is 0 Å². The van der Waals surface area contributed by atoms with Crippen molar-refractivity contribution in [2.45, 2.75) is 51.2 Å². The lowest BCUT2D eigenvalue weighted by molar-refractivity contribution is -0.129. The van der Waals surface area contributed by atoms with Crippen molar-refractivity contribution in [3.63, 3.8) is 0 Å². The molecule has 0 radical (unpaired) electrons. The number of nitriles is 1. The Labute approximate surface area is 204 Å². The third-order valence-corrected chi connectivity index (χ3v) is 7.51. The fourth-order valence-electron chi connectivity index (χ4n) is 5.74. The summed E-state index contributed by atoms with van der Waals surface area (Å²) in [5.41, 5.74) is 6.79. The van der Waals surface area contributed by atoms with Gasteiger partial charge in [-0.15, -0.1) is 0 Å². The molecule has 0 N–H and O–H groups in total. The Balaban J connectivity index is 1.46. The van der Waals surface area contributed by atoms with Crippen molar-refractivity contribution < 1.29 is 9.53 Å². The third kappa shape index (κ3) is 3.69. The molecule has 1 saturated heterocycles. The largest absolute Gasteiger partial charge is 0.379 e. The average Bonchev–Trinajstić information content (AvgIpc) is 3.63. The van der Waals surface area contributed by atoms with E-state index in [0.717, 1.165) is 54.1 Å². The minimum absolute atomic E-state index is 0.000805. The molecule has 9 heteroatoms. The molecule has 0 spiro atoms. The Kier molecular flexibility index (Phi) is 5.33. The van der Waals surface area contributed by atoms with Crippen molar-refractivity contribution in [1.29, 1.82) is 5.26 Å². The summed E-state index contributed by atoms with van der Waals surface area (Å²) in [6.07, 6.45) is 6.79. The molecule has 2 unspecified atom stereocenters. The Morgan fingerprint density at radius 1 is 1.31 bits per heavy atom. The molecule has 2 atom stereocenters. The number of aryl methyl sites for hydroxylation is 1. The molecule has 35 heavy (non-hydrogen) atoms. The number of nitrogens with zero attached hydrogens (tertiary/aromatic N) is 7. The molecule has 3 aliphatic rings. The lowest BCUT2D eigenvalue weighted by atomic mass is 10.0. The second kappa shape index (κ2) is 8.54. The van der Waals surface area contributed by atoms with Crippen molar-refractivity contribution >= 4 is 17.4 Å². The number of hydrogen-bond donors (Lipinski definition) is 0. The lowest BCUT2D eigenvalue weighted by Crippen LogP contribution is -2.36. The number of amides is 1. The predicted molar refractivity (Wildman–Crippen MR) is 130 cm³/mol. The minimum Gasteiger partial charge on any atom is -0.379 e. The van der Waals surface area contributed by atoms with Gasteiger partial charge in [-0.2, -0.15) is 15.5 Å². The van der Waals surface area contributed by atoms with E-state index in [1.165, 1.54) is 11.3 Å². The van der Waals surface area contributed by atoms with Crippen molar-refractivity contribution in [1.82, 2.24) is 24.5 Å². The second-order valence-corrected chi connectivity index (χ2v) is 9.74. The average molecular weight is 472 g/mol. The first kappa shape index (κ1) is 21.9. The summed E-state index contributed by atoms with van der Waals surface area (Å²) >= 11 is 0. The zero-order chi connectivity index (χ0) is 24.1. The molecule has 6 rings (SSSR count). The normalized spacial score (nSPS) is 21.2. The highest BCUT2D eigenvalue weighted by Crippen LogP contribution is 2.44. The summed E-state index contributed by atoms with van der Waals surface area (Å²) in [5, 5.41) is 19.1. The van der Waals surface area contributed by atoms with Crippen LogP contribution >= 0.6 is 0 Å². The summed E-state index contributed by atoms with van der Waals surface area (Å²) in [5.74, 6) is 0.959. The molecule has 9 nitrogen and oxygen atoms in total. The predicted octanol–water partition coefficient (Wildman–Crippen LogP) is 3.13. The van der Waals surface area contributed by atoms with Crippen LogP contribution in [0.2, 0.25) is 0 Å². The molecule has 0 saturated carbocycles. The van der Waals surface area contributed by atoms with Gasteiger partial charge in [0.25, 0.3) is 0 Å². The molecule has 2 aromatic heterocycles. The van der Waals surface area contributed by atoms with Gasteiger partial charge in [-0.1, -0.05) is 6.07 Å². The molecular weight excluding hydrogens is 442 g/mol. The smallest absolute Gasteiger partial charge is 0.219 e. The highest BCUT2D eigenvalue weighted by atomic mass is 16.5. The van der Waals surface area contributed by atoms with Crippen molar-refractivity contribution in [2.75, 3.05) is 24.7 Å². The lowest BCUT2D eigenvalue weighted by Gasteiger charge is -2.30. The number of rotatable bonds is 4. The van der Waals surface area contributed by atoms with Crippen LogP contribution in [-0.2, 0) is 36.0 Å². The van der Waals surface area contributed by atoms with E-state index in [9.17, 15) is 10.1 Å². The fourth-order valence-corrected chi connectivity index (χ4v) is 5.74. The standard InChI is InChI=1S/C26H29N7O2/c1-17(34)31-9-6-25-23(15-31)26(29-33(25)22-7-10-35-16-22)32-21(5-8-27)12-19-11-18(3-4-24(19)32)20-13-28-30(2)14-20/h3-4,11,13-14,21-22H,5-7,9-10,12,15-16H2,1-2H3. The van der Waals surface area contributed by atoms with Gasteiger partial charge in [0.05, 0.1) is 43.9 Å². The van der Waals surface area contributed by atoms with Gasteiger partial charge in [-0.05, 0) is 36.1 Å². The number of aromatic nitrogens is 4. The van der Waals surface area contributed by atoms with Crippen molar-refractivity contribution in [3.05, 3.63) is 47.4 Å². The summed E-state index contributed by atoms with van der Waals surface area (Å²) in [6, 6.07) is 9.08. The number of fused-ring (bicyclic) bond motifs is 2. The van der Waals surface area contributed by atoms with Crippen LogP contribution in [0.15, 0.2) is 30.6 Å². The number of carbonyl (C=O) groups is 1. The highest BCUT2D eigenvalue weighted by Gasteiger charge is 2.38. The number of ether oxygens (including phenoxy) is 1. The first-order chi connectivity index (χ1) is 17.0. The second-order valence-electron chi connectivity index (χ2n) is 9.74. The molecule has 0 aliphatic carbocycles. The van der Waals surface area contributed by atoms with Crippen LogP contribution in [-0.4, -0.2) is 56.2 Å². The molecule has 1 aromatic carbocycles. The topological polar surface area (TPSA) is 92.2 Å². The SMILES string of the molecule is CC(=O)N1CCc2c(c(N3c4ccc(-c5cnn(C)c5)cc4CC3CC#N)nn2C2CCOC2)C1. The number of anilines is 2. The van der Waals surface area contributed by atoms with Gasteiger partial charge in [0, 0.05) is 62.2 Å².